The Hall–Kier alpha value is -2.79. The first-order valence-electron chi connectivity index (χ1n) is 8.65. The van der Waals surface area contributed by atoms with Gasteiger partial charge in [0.25, 0.3) is 0 Å². The number of esters is 1. The topological polar surface area (TPSA) is 65.7 Å². The summed E-state index contributed by atoms with van der Waals surface area (Å²) in [6.45, 7) is 3.88. The molecule has 1 aromatic heterocycles. The minimum absolute atomic E-state index is 0.189. The van der Waals surface area contributed by atoms with E-state index in [1.807, 2.05) is 6.92 Å². The molecule has 0 spiro atoms. The molecule has 1 heterocycles. The average Bonchev–Trinajstić information content (AvgIpc) is 2.67. The summed E-state index contributed by atoms with van der Waals surface area (Å²) in [6.07, 6.45) is 1.37. The number of ether oxygens (including phenoxy) is 2. The Bertz CT molecular complexity index is 1020. The van der Waals surface area contributed by atoms with Crippen molar-refractivity contribution in [1.29, 1.82) is 0 Å². The summed E-state index contributed by atoms with van der Waals surface area (Å²) in [7, 11) is 0. The van der Waals surface area contributed by atoms with Gasteiger partial charge >= 0.3 is 5.97 Å². The molecule has 0 amide bonds. The molecule has 0 bridgehead atoms. The van der Waals surface area contributed by atoms with Crippen LogP contribution in [0.1, 0.15) is 20.3 Å². The van der Waals surface area contributed by atoms with Crippen LogP contribution in [0.4, 0.5) is 0 Å². The minimum Gasteiger partial charge on any atom is -0.479 e. The van der Waals surface area contributed by atoms with Gasteiger partial charge in [-0.15, -0.1) is 0 Å². The maximum Gasteiger partial charge on any atom is 0.347 e. The normalized spacial score (nSPS) is 12.0. The molecule has 2 aromatic carbocycles. The summed E-state index contributed by atoms with van der Waals surface area (Å²) in [5, 5.41) is 0.879. The average molecular weight is 387 g/mol. The zero-order valence-electron chi connectivity index (χ0n) is 15.0. The van der Waals surface area contributed by atoms with Gasteiger partial charge in [0.2, 0.25) is 5.43 Å². The van der Waals surface area contributed by atoms with E-state index in [0.29, 0.717) is 39.5 Å². The first-order chi connectivity index (χ1) is 13.0. The summed E-state index contributed by atoms with van der Waals surface area (Å²) in [5.74, 6) is -0.0236. The number of benzene rings is 2. The summed E-state index contributed by atoms with van der Waals surface area (Å²) in [4.78, 5) is 24.6. The fourth-order valence-corrected chi connectivity index (χ4v) is 2.86. The van der Waals surface area contributed by atoms with Crippen molar-refractivity contribution in [3.05, 3.63) is 64.0 Å². The predicted molar refractivity (Wildman–Crippen MR) is 104 cm³/mol. The van der Waals surface area contributed by atoms with Crippen molar-refractivity contribution in [2.45, 2.75) is 26.4 Å². The zero-order chi connectivity index (χ0) is 19.4. The van der Waals surface area contributed by atoms with Gasteiger partial charge in [0.1, 0.15) is 17.6 Å². The second kappa shape index (κ2) is 8.27. The van der Waals surface area contributed by atoms with Gasteiger partial charge in [-0.25, -0.2) is 4.79 Å². The number of halogens is 1. The van der Waals surface area contributed by atoms with E-state index in [2.05, 4.69) is 0 Å². The number of carbonyl (C=O) groups excluding carboxylic acids is 1. The fourth-order valence-electron chi connectivity index (χ4n) is 2.62. The molecule has 0 aliphatic rings. The predicted octanol–water partition coefficient (Wildman–Crippen LogP) is 4.83. The summed E-state index contributed by atoms with van der Waals surface area (Å²) < 4.78 is 16.3. The molecule has 0 saturated carbocycles. The van der Waals surface area contributed by atoms with Crippen molar-refractivity contribution >= 4 is 28.5 Å². The Morgan fingerprint density at radius 3 is 2.70 bits per heavy atom. The van der Waals surface area contributed by atoms with E-state index < -0.39 is 12.1 Å². The van der Waals surface area contributed by atoms with Crippen LogP contribution in [0.3, 0.4) is 0 Å². The number of fused-ring (bicyclic) bond motifs is 1. The highest BCUT2D eigenvalue weighted by molar-refractivity contribution is 6.33. The van der Waals surface area contributed by atoms with E-state index in [1.165, 1.54) is 6.26 Å². The number of rotatable bonds is 6. The van der Waals surface area contributed by atoms with Crippen molar-refractivity contribution in [1.82, 2.24) is 0 Å². The Balaban J connectivity index is 1.89. The highest BCUT2D eigenvalue weighted by atomic mass is 35.5. The van der Waals surface area contributed by atoms with Crippen molar-refractivity contribution in [2.75, 3.05) is 6.61 Å². The van der Waals surface area contributed by atoms with E-state index in [9.17, 15) is 9.59 Å². The van der Waals surface area contributed by atoms with Crippen LogP contribution in [0.5, 0.6) is 5.75 Å². The maximum absolute atomic E-state index is 12.8. The highest BCUT2D eigenvalue weighted by Gasteiger charge is 2.17. The second-order valence-corrected chi connectivity index (χ2v) is 6.45. The lowest BCUT2D eigenvalue weighted by Crippen LogP contribution is -2.26. The highest BCUT2D eigenvalue weighted by Crippen LogP contribution is 2.28. The smallest absolute Gasteiger partial charge is 0.347 e. The van der Waals surface area contributed by atoms with E-state index in [1.54, 1.807) is 49.4 Å². The molecular formula is C21H19ClO5. The molecule has 140 valence electrons. The molecule has 0 radical (unpaired) electrons. The molecule has 6 heteroatoms. The molecule has 1 unspecified atom stereocenters. The van der Waals surface area contributed by atoms with E-state index >= 15 is 0 Å². The summed E-state index contributed by atoms with van der Waals surface area (Å²) in [5.41, 5.74) is 1.18. The lowest BCUT2D eigenvalue weighted by atomic mass is 10.1. The SMILES string of the molecule is CCCOC(=O)C(C)Oc1ccc2c(=O)c(-c3ccccc3Cl)coc2c1. The van der Waals surface area contributed by atoms with Crippen LogP contribution < -0.4 is 10.2 Å². The molecule has 0 aliphatic heterocycles. The maximum atomic E-state index is 12.8. The molecule has 27 heavy (non-hydrogen) atoms. The third-order valence-corrected chi connectivity index (χ3v) is 4.33. The monoisotopic (exact) mass is 386 g/mol. The fraction of sp³-hybridized carbons (Fsp3) is 0.238. The molecule has 0 aliphatic carbocycles. The molecule has 0 N–H and O–H groups in total. The standard InChI is InChI=1S/C21H19ClO5/c1-3-10-25-21(24)13(2)27-14-8-9-16-19(11-14)26-12-17(20(16)23)15-6-4-5-7-18(15)22/h4-9,11-13H,3,10H2,1-2H3. The van der Waals surface area contributed by atoms with Crippen LogP contribution in [-0.4, -0.2) is 18.7 Å². The van der Waals surface area contributed by atoms with E-state index in [0.717, 1.165) is 6.42 Å². The van der Waals surface area contributed by atoms with Crippen LogP contribution >= 0.6 is 11.6 Å². The molecular weight excluding hydrogens is 368 g/mol. The third kappa shape index (κ3) is 4.14. The van der Waals surface area contributed by atoms with Gasteiger partial charge in [0, 0.05) is 16.7 Å². The van der Waals surface area contributed by atoms with Crippen LogP contribution in [-0.2, 0) is 9.53 Å². The minimum atomic E-state index is -0.761. The van der Waals surface area contributed by atoms with Crippen LogP contribution in [0, 0.1) is 0 Å². The van der Waals surface area contributed by atoms with Gasteiger partial charge in [0.05, 0.1) is 17.6 Å². The van der Waals surface area contributed by atoms with Crippen molar-refractivity contribution in [3.63, 3.8) is 0 Å². The first kappa shape index (κ1) is 19.0. The summed E-state index contributed by atoms with van der Waals surface area (Å²) >= 11 is 6.19. The van der Waals surface area contributed by atoms with Crippen molar-refractivity contribution in [2.24, 2.45) is 0 Å². The lowest BCUT2D eigenvalue weighted by molar-refractivity contribution is -0.151. The molecule has 0 fully saturated rings. The van der Waals surface area contributed by atoms with Gasteiger partial charge in [-0.2, -0.15) is 0 Å². The molecule has 3 aromatic rings. The quantitative estimate of drug-likeness (QED) is 0.567. The number of carbonyl (C=O) groups is 1. The van der Waals surface area contributed by atoms with Gasteiger partial charge in [-0.05, 0) is 31.5 Å². The molecule has 3 rings (SSSR count). The van der Waals surface area contributed by atoms with Crippen molar-refractivity contribution in [3.8, 4) is 16.9 Å². The third-order valence-electron chi connectivity index (χ3n) is 4.00. The van der Waals surface area contributed by atoms with E-state index in [4.69, 9.17) is 25.5 Å². The summed E-state index contributed by atoms with van der Waals surface area (Å²) in [6, 6.07) is 11.9. The molecule has 1 atom stereocenters. The van der Waals surface area contributed by atoms with Gasteiger partial charge < -0.3 is 13.9 Å². The second-order valence-electron chi connectivity index (χ2n) is 6.04. The number of hydrogen-bond donors (Lipinski definition) is 0. The Kier molecular flexibility index (Phi) is 5.81. The Morgan fingerprint density at radius 1 is 1.19 bits per heavy atom. The zero-order valence-corrected chi connectivity index (χ0v) is 15.8. The van der Waals surface area contributed by atoms with Crippen LogP contribution in [0.2, 0.25) is 5.02 Å². The first-order valence-corrected chi connectivity index (χ1v) is 9.02. The van der Waals surface area contributed by atoms with Gasteiger partial charge in [-0.1, -0.05) is 36.7 Å². The Labute approximate surface area is 161 Å². The molecule has 0 saturated heterocycles. The van der Waals surface area contributed by atoms with Crippen LogP contribution in [0.15, 0.2) is 57.9 Å². The Morgan fingerprint density at radius 2 is 1.96 bits per heavy atom. The largest absolute Gasteiger partial charge is 0.479 e. The number of hydrogen-bond acceptors (Lipinski definition) is 5. The van der Waals surface area contributed by atoms with Crippen molar-refractivity contribution < 1.29 is 18.7 Å². The van der Waals surface area contributed by atoms with Crippen LogP contribution in [0.25, 0.3) is 22.1 Å². The molecule has 5 nitrogen and oxygen atoms in total. The van der Waals surface area contributed by atoms with Gasteiger partial charge in [-0.3, -0.25) is 4.79 Å². The van der Waals surface area contributed by atoms with Gasteiger partial charge in [0.15, 0.2) is 6.10 Å². The lowest BCUT2D eigenvalue weighted by Gasteiger charge is -2.14. The van der Waals surface area contributed by atoms with E-state index in [-0.39, 0.29) is 5.43 Å².